The van der Waals surface area contributed by atoms with Crippen molar-refractivity contribution in [3.8, 4) is 0 Å². The van der Waals surface area contributed by atoms with Crippen molar-refractivity contribution in [2.75, 3.05) is 27.2 Å². The van der Waals surface area contributed by atoms with Crippen LogP contribution in [0.2, 0.25) is 5.02 Å². The zero-order valence-corrected chi connectivity index (χ0v) is 12.9. The SMILES string of the molecule is CN(C)C1CCCN(C(=O)c2cc(S)ccc2Cl)C1. The van der Waals surface area contributed by atoms with Crippen LogP contribution in [0.5, 0.6) is 0 Å². The van der Waals surface area contributed by atoms with Crippen molar-refractivity contribution >= 4 is 30.1 Å². The van der Waals surface area contributed by atoms with E-state index in [4.69, 9.17) is 11.6 Å². The van der Waals surface area contributed by atoms with E-state index >= 15 is 0 Å². The molecule has 3 nitrogen and oxygen atoms in total. The summed E-state index contributed by atoms with van der Waals surface area (Å²) in [5.41, 5.74) is 0.550. The Morgan fingerprint density at radius 2 is 2.21 bits per heavy atom. The van der Waals surface area contributed by atoms with Gasteiger partial charge in [0.15, 0.2) is 0 Å². The third-order valence-corrected chi connectivity index (χ3v) is 4.20. The number of rotatable bonds is 2. The van der Waals surface area contributed by atoms with Crippen molar-refractivity contribution in [2.45, 2.75) is 23.8 Å². The Labute approximate surface area is 124 Å². The first kappa shape index (κ1) is 14.7. The van der Waals surface area contributed by atoms with Crippen molar-refractivity contribution in [3.05, 3.63) is 28.8 Å². The Hall–Kier alpha value is -0.710. The fourth-order valence-corrected chi connectivity index (χ4v) is 2.81. The summed E-state index contributed by atoms with van der Waals surface area (Å²) in [6.45, 7) is 1.56. The molecule has 1 saturated heterocycles. The van der Waals surface area contributed by atoms with E-state index in [0.717, 1.165) is 30.8 Å². The van der Waals surface area contributed by atoms with Gasteiger partial charge >= 0.3 is 0 Å². The van der Waals surface area contributed by atoms with Gasteiger partial charge in [-0.05, 0) is 45.1 Å². The largest absolute Gasteiger partial charge is 0.337 e. The number of piperidine rings is 1. The normalized spacial score (nSPS) is 19.8. The second kappa shape index (κ2) is 6.16. The van der Waals surface area contributed by atoms with Crippen molar-refractivity contribution in [1.82, 2.24) is 9.80 Å². The molecule has 0 bridgehead atoms. The van der Waals surface area contributed by atoms with Gasteiger partial charge in [-0.2, -0.15) is 0 Å². The van der Waals surface area contributed by atoms with Gasteiger partial charge in [-0.1, -0.05) is 11.6 Å². The molecule has 0 aliphatic carbocycles. The number of carbonyl (C=O) groups excluding carboxylic acids is 1. The van der Waals surface area contributed by atoms with Crippen LogP contribution < -0.4 is 0 Å². The number of likely N-dealkylation sites (N-methyl/N-ethyl adjacent to an activating group) is 1. The maximum absolute atomic E-state index is 12.5. The van der Waals surface area contributed by atoms with Gasteiger partial charge in [-0.3, -0.25) is 4.79 Å². The lowest BCUT2D eigenvalue weighted by atomic mass is 10.0. The van der Waals surface area contributed by atoms with Crippen LogP contribution >= 0.6 is 24.2 Å². The third kappa shape index (κ3) is 3.44. The standard InChI is InChI=1S/C14H19ClN2OS/c1-16(2)10-4-3-7-17(9-10)14(18)12-8-11(19)5-6-13(12)15/h5-6,8,10,19H,3-4,7,9H2,1-2H3. The smallest absolute Gasteiger partial charge is 0.255 e. The minimum atomic E-state index is 0.00690. The maximum atomic E-state index is 12.5. The highest BCUT2D eigenvalue weighted by atomic mass is 35.5. The van der Waals surface area contributed by atoms with Crippen molar-refractivity contribution in [3.63, 3.8) is 0 Å². The van der Waals surface area contributed by atoms with Crippen molar-refractivity contribution < 1.29 is 4.79 Å². The summed E-state index contributed by atoms with van der Waals surface area (Å²) in [6.07, 6.45) is 2.17. The first-order valence-electron chi connectivity index (χ1n) is 6.43. The van der Waals surface area contributed by atoms with Gasteiger partial charge in [-0.15, -0.1) is 12.6 Å². The lowest BCUT2D eigenvalue weighted by molar-refractivity contribution is 0.0635. The molecule has 1 aliphatic heterocycles. The molecule has 104 valence electrons. The van der Waals surface area contributed by atoms with Gasteiger partial charge in [0, 0.05) is 24.0 Å². The summed E-state index contributed by atoms with van der Waals surface area (Å²) in [6, 6.07) is 5.69. The highest BCUT2D eigenvalue weighted by Crippen LogP contribution is 2.23. The van der Waals surface area contributed by atoms with Crippen LogP contribution in [0.3, 0.4) is 0 Å². The van der Waals surface area contributed by atoms with Crippen LogP contribution in [0.1, 0.15) is 23.2 Å². The number of halogens is 1. The van der Waals surface area contributed by atoms with Crippen LogP contribution in [-0.4, -0.2) is 48.9 Å². The minimum absolute atomic E-state index is 0.00690. The summed E-state index contributed by atoms with van der Waals surface area (Å²) >= 11 is 10.4. The molecule has 1 aromatic carbocycles. The second-order valence-corrected chi connectivity index (χ2v) is 6.10. The minimum Gasteiger partial charge on any atom is -0.337 e. The molecule has 0 N–H and O–H groups in total. The summed E-state index contributed by atoms with van der Waals surface area (Å²) in [7, 11) is 4.11. The molecule has 5 heteroatoms. The molecule has 0 radical (unpaired) electrons. The van der Waals surface area contributed by atoms with E-state index in [2.05, 4.69) is 31.6 Å². The van der Waals surface area contributed by atoms with E-state index in [0.29, 0.717) is 16.6 Å². The average molecular weight is 299 g/mol. The Kier molecular flexibility index (Phi) is 4.76. The van der Waals surface area contributed by atoms with Crippen LogP contribution in [0, 0.1) is 0 Å². The molecular weight excluding hydrogens is 280 g/mol. The van der Waals surface area contributed by atoms with Gasteiger partial charge < -0.3 is 9.80 Å². The molecule has 0 aromatic heterocycles. The van der Waals surface area contributed by atoms with Crippen LogP contribution in [0.4, 0.5) is 0 Å². The summed E-state index contributed by atoms with van der Waals surface area (Å²) in [5, 5.41) is 0.495. The van der Waals surface area contributed by atoms with E-state index < -0.39 is 0 Å². The Morgan fingerprint density at radius 1 is 1.47 bits per heavy atom. The fourth-order valence-electron chi connectivity index (χ4n) is 2.41. The zero-order chi connectivity index (χ0) is 14.0. The second-order valence-electron chi connectivity index (χ2n) is 5.17. The number of hydrogen-bond acceptors (Lipinski definition) is 3. The maximum Gasteiger partial charge on any atom is 0.255 e. The molecule has 19 heavy (non-hydrogen) atoms. The lowest BCUT2D eigenvalue weighted by Crippen LogP contribution is -2.47. The Morgan fingerprint density at radius 3 is 2.89 bits per heavy atom. The van der Waals surface area contributed by atoms with E-state index in [1.54, 1.807) is 18.2 Å². The predicted molar refractivity (Wildman–Crippen MR) is 81.3 cm³/mol. The van der Waals surface area contributed by atoms with Gasteiger partial charge in [0.2, 0.25) is 0 Å². The Bertz CT molecular complexity index is 479. The molecular formula is C14H19ClN2OS. The van der Waals surface area contributed by atoms with E-state index in [9.17, 15) is 4.79 Å². The van der Waals surface area contributed by atoms with Gasteiger partial charge in [0.05, 0.1) is 10.6 Å². The number of hydrogen-bond donors (Lipinski definition) is 1. The number of amides is 1. The predicted octanol–water partition coefficient (Wildman–Crippen LogP) is 2.79. The van der Waals surface area contributed by atoms with E-state index in [1.807, 2.05) is 4.90 Å². The molecule has 1 heterocycles. The average Bonchev–Trinajstić information content (AvgIpc) is 2.41. The molecule has 0 saturated carbocycles. The molecule has 1 unspecified atom stereocenters. The monoisotopic (exact) mass is 298 g/mol. The highest BCUT2D eigenvalue weighted by Gasteiger charge is 2.26. The Balaban J connectivity index is 2.17. The number of thiol groups is 1. The molecule has 1 aliphatic rings. The van der Waals surface area contributed by atoms with E-state index in [-0.39, 0.29) is 5.91 Å². The zero-order valence-electron chi connectivity index (χ0n) is 11.3. The van der Waals surface area contributed by atoms with Crippen molar-refractivity contribution in [2.24, 2.45) is 0 Å². The van der Waals surface area contributed by atoms with Gasteiger partial charge in [0.25, 0.3) is 5.91 Å². The summed E-state index contributed by atoms with van der Waals surface area (Å²) < 4.78 is 0. The molecule has 1 atom stereocenters. The number of benzene rings is 1. The quantitative estimate of drug-likeness (QED) is 0.849. The van der Waals surface area contributed by atoms with Crippen molar-refractivity contribution in [1.29, 1.82) is 0 Å². The molecule has 0 spiro atoms. The first-order chi connectivity index (χ1) is 8.99. The topological polar surface area (TPSA) is 23.6 Å². The van der Waals surface area contributed by atoms with Gasteiger partial charge in [0.1, 0.15) is 0 Å². The van der Waals surface area contributed by atoms with E-state index in [1.165, 1.54) is 0 Å². The third-order valence-electron chi connectivity index (χ3n) is 3.59. The summed E-state index contributed by atoms with van der Waals surface area (Å²) in [5.74, 6) is 0.00690. The van der Waals surface area contributed by atoms with Gasteiger partial charge in [-0.25, -0.2) is 0 Å². The fraction of sp³-hybridized carbons (Fsp3) is 0.500. The number of carbonyl (C=O) groups is 1. The number of likely N-dealkylation sites (tertiary alicyclic amines) is 1. The lowest BCUT2D eigenvalue weighted by Gasteiger charge is -2.36. The number of nitrogens with zero attached hydrogens (tertiary/aromatic N) is 2. The highest BCUT2D eigenvalue weighted by molar-refractivity contribution is 7.80. The molecule has 1 fully saturated rings. The molecule has 1 aromatic rings. The molecule has 2 rings (SSSR count). The summed E-state index contributed by atoms with van der Waals surface area (Å²) in [4.78, 5) is 17.4. The molecule has 1 amide bonds. The van der Waals surface area contributed by atoms with Crippen LogP contribution in [0.25, 0.3) is 0 Å². The first-order valence-corrected chi connectivity index (χ1v) is 7.26. The van der Waals surface area contributed by atoms with Crippen LogP contribution in [0.15, 0.2) is 23.1 Å². The van der Waals surface area contributed by atoms with Crippen LogP contribution in [-0.2, 0) is 0 Å².